The van der Waals surface area contributed by atoms with Gasteiger partial charge in [0.2, 0.25) is 0 Å². The van der Waals surface area contributed by atoms with Gasteiger partial charge in [0.15, 0.2) is 0 Å². The maximum absolute atomic E-state index is 9.97. The number of nitrogens with one attached hydrogen (secondary N) is 1. The van der Waals surface area contributed by atoms with Gasteiger partial charge in [-0.25, -0.2) is 0 Å². The van der Waals surface area contributed by atoms with Gasteiger partial charge in [0, 0.05) is 0 Å². The molecule has 0 amide bonds. The lowest BCUT2D eigenvalue weighted by Crippen LogP contribution is -3.14. The van der Waals surface area contributed by atoms with Crippen LogP contribution in [0.2, 0.25) is 0 Å². The fourth-order valence-electron chi connectivity index (χ4n) is 2.47. The molecule has 1 aliphatic rings. The molecule has 1 fully saturated rings. The van der Waals surface area contributed by atoms with Crippen molar-refractivity contribution in [3.8, 4) is 5.75 Å². The molecule has 100 valence electrons. The Labute approximate surface area is 109 Å². The van der Waals surface area contributed by atoms with E-state index in [1.807, 2.05) is 24.3 Å². The van der Waals surface area contributed by atoms with Crippen molar-refractivity contribution in [2.24, 2.45) is 0 Å². The van der Waals surface area contributed by atoms with E-state index in [9.17, 15) is 5.11 Å². The number of rotatable bonds is 5. The molecule has 0 aromatic heterocycles. The summed E-state index contributed by atoms with van der Waals surface area (Å²) in [6.07, 6.45) is 3.57. The zero-order chi connectivity index (χ0) is 12.8. The Morgan fingerprint density at radius 1 is 1.17 bits per heavy atom. The van der Waals surface area contributed by atoms with Crippen LogP contribution in [0.4, 0.5) is 0 Å². The Morgan fingerprint density at radius 2 is 1.83 bits per heavy atom. The number of piperidine rings is 1. The Kier molecular flexibility index (Phi) is 5.02. The summed E-state index contributed by atoms with van der Waals surface area (Å²) in [5.74, 6) is 0.841. The van der Waals surface area contributed by atoms with E-state index in [4.69, 9.17) is 4.74 Å². The van der Waals surface area contributed by atoms with E-state index in [0.29, 0.717) is 6.61 Å². The van der Waals surface area contributed by atoms with Crippen LogP contribution in [0.1, 0.15) is 24.8 Å². The molecule has 1 saturated heterocycles. The van der Waals surface area contributed by atoms with Crippen LogP contribution in [-0.2, 0) is 0 Å². The molecule has 2 N–H and O–H groups in total. The Balaban J connectivity index is 1.70. The molecule has 0 unspecified atom stereocenters. The minimum atomic E-state index is -0.362. The van der Waals surface area contributed by atoms with Crippen molar-refractivity contribution in [2.75, 3.05) is 26.2 Å². The highest BCUT2D eigenvalue weighted by Crippen LogP contribution is 2.11. The average Bonchev–Trinajstić information content (AvgIpc) is 2.39. The lowest BCUT2D eigenvalue weighted by atomic mass is 10.1. The third kappa shape index (κ3) is 4.31. The average molecular weight is 250 g/mol. The largest absolute Gasteiger partial charge is 0.491 e. The summed E-state index contributed by atoms with van der Waals surface area (Å²) in [4.78, 5) is 1.52. The number of aryl methyl sites for hydroxylation is 1. The van der Waals surface area contributed by atoms with Crippen LogP contribution in [0.15, 0.2) is 24.3 Å². The molecule has 0 aliphatic carbocycles. The molecule has 18 heavy (non-hydrogen) atoms. The van der Waals surface area contributed by atoms with Gasteiger partial charge in [-0.3, -0.25) is 0 Å². The molecular formula is C15H24NO2+. The van der Waals surface area contributed by atoms with E-state index < -0.39 is 0 Å². The second kappa shape index (κ2) is 6.76. The summed E-state index contributed by atoms with van der Waals surface area (Å²) in [7, 11) is 0. The van der Waals surface area contributed by atoms with E-state index in [1.165, 1.54) is 42.8 Å². The van der Waals surface area contributed by atoms with Crippen LogP contribution in [0.25, 0.3) is 0 Å². The van der Waals surface area contributed by atoms with Crippen LogP contribution >= 0.6 is 0 Å². The minimum absolute atomic E-state index is 0.362. The van der Waals surface area contributed by atoms with Crippen molar-refractivity contribution in [1.82, 2.24) is 0 Å². The van der Waals surface area contributed by atoms with Crippen LogP contribution in [-0.4, -0.2) is 37.5 Å². The molecule has 1 aromatic carbocycles. The minimum Gasteiger partial charge on any atom is -0.491 e. The van der Waals surface area contributed by atoms with E-state index in [2.05, 4.69) is 6.92 Å². The summed E-state index contributed by atoms with van der Waals surface area (Å²) in [5, 5.41) is 9.97. The summed E-state index contributed by atoms with van der Waals surface area (Å²) in [5.41, 5.74) is 1.22. The highest BCUT2D eigenvalue weighted by atomic mass is 16.5. The van der Waals surface area contributed by atoms with Gasteiger partial charge in [0.1, 0.15) is 25.0 Å². The number of aliphatic hydroxyl groups is 1. The van der Waals surface area contributed by atoms with Crippen molar-refractivity contribution >= 4 is 0 Å². The van der Waals surface area contributed by atoms with Gasteiger partial charge in [0.25, 0.3) is 0 Å². The highest BCUT2D eigenvalue weighted by molar-refractivity contribution is 5.26. The van der Waals surface area contributed by atoms with Crippen LogP contribution < -0.4 is 9.64 Å². The number of hydrogen-bond acceptors (Lipinski definition) is 2. The number of benzene rings is 1. The molecule has 1 atom stereocenters. The first-order valence-electron chi connectivity index (χ1n) is 6.95. The van der Waals surface area contributed by atoms with Crippen molar-refractivity contribution in [3.05, 3.63) is 29.8 Å². The monoisotopic (exact) mass is 250 g/mol. The van der Waals surface area contributed by atoms with Crippen LogP contribution in [0.3, 0.4) is 0 Å². The molecule has 1 aliphatic heterocycles. The molecule has 0 saturated carbocycles. The van der Waals surface area contributed by atoms with Crippen molar-refractivity contribution < 1.29 is 14.7 Å². The standard InChI is InChI=1S/C15H23NO2/c1-13-5-7-15(8-6-13)18-12-14(17)11-16-9-3-2-4-10-16/h5-8,14,17H,2-4,9-12H2,1H3/p+1/t14-/m1/s1. The maximum atomic E-state index is 9.97. The van der Waals surface area contributed by atoms with Gasteiger partial charge in [0.05, 0.1) is 13.1 Å². The van der Waals surface area contributed by atoms with Crippen molar-refractivity contribution in [2.45, 2.75) is 32.3 Å². The molecule has 0 radical (unpaired) electrons. The van der Waals surface area contributed by atoms with E-state index in [-0.39, 0.29) is 6.10 Å². The van der Waals surface area contributed by atoms with E-state index >= 15 is 0 Å². The number of ether oxygens (including phenoxy) is 1. The van der Waals surface area contributed by atoms with Crippen molar-refractivity contribution in [3.63, 3.8) is 0 Å². The quantitative estimate of drug-likeness (QED) is 0.810. The third-order valence-corrected chi connectivity index (χ3v) is 3.55. The zero-order valence-corrected chi connectivity index (χ0v) is 11.2. The molecule has 3 nitrogen and oxygen atoms in total. The smallest absolute Gasteiger partial charge is 0.137 e. The molecule has 1 heterocycles. The maximum Gasteiger partial charge on any atom is 0.137 e. The Morgan fingerprint density at radius 3 is 2.50 bits per heavy atom. The van der Waals surface area contributed by atoms with Crippen LogP contribution in [0, 0.1) is 6.92 Å². The Bertz CT molecular complexity index is 344. The normalized spacial score (nSPS) is 18.6. The summed E-state index contributed by atoms with van der Waals surface area (Å²) < 4.78 is 5.60. The number of quaternary nitrogens is 1. The SMILES string of the molecule is Cc1ccc(OC[C@H](O)C[NH+]2CCCCC2)cc1. The predicted molar refractivity (Wildman–Crippen MR) is 72.1 cm³/mol. The zero-order valence-electron chi connectivity index (χ0n) is 11.2. The third-order valence-electron chi connectivity index (χ3n) is 3.55. The topological polar surface area (TPSA) is 33.9 Å². The van der Waals surface area contributed by atoms with Gasteiger partial charge in [-0.05, 0) is 38.3 Å². The first kappa shape index (κ1) is 13.4. The number of likely N-dealkylation sites (tertiary alicyclic amines) is 1. The molecule has 3 heteroatoms. The molecule has 0 bridgehead atoms. The van der Waals surface area contributed by atoms with Gasteiger partial charge < -0.3 is 14.7 Å². The van der Waals surface area contributed by atoms with Gasteiger partial charge >= 0.3 is 0 Å². The lowest BCUT2D eigenvalue weighted by Gasteiger charge is -2.25. The second-order valence-corrected chi connectivity index (χ2v) is 5.29. The van der Waals surface area contributed by atoms with Crippen molar-refractivity contribution in [1.29, 1.82) is 0 Å². The number of hydrogen-bond donors (Lipinski definition) is 2. The van der Waals surface area contributed by atoms with Gasteiger partial charge in [-0.1, -0.05) is 17.7 Å². The predicted octanol–water partition coefficient (Wildman–Crippen LogP) is 0.804. The summed E-state index contributed by atoms with van der Waals surface area (Å²) in [6.45, 7) is 5.65. The fourth-order valence-corrected chi connectivity index (χ4v) is 2.47. The van der Waals surface area contributed by atoms with E-state index in [0.717, 1.165) is 12.3 Å². The summed E-state index contributed by atoms with van der Waals surface area (Å²) >= 11 is 0. The fraction of sp³-hybridized carbons (Fsp3) is 0.600. The van der Waals surface area contributed by atoms with E-state index in [1.54, 1.807) is 0 Å². The Hall–Kier alpha value is -1.06. The summed E-state index contributed by atoms with van der Waals surface area (Å²) in [6, 6.07) is 7.96. The number of aliphatic hydroxyl groups excluding tert-OH is 1. The van der Waals surface area contributed by atoms with Gasteiger partial charge in [-0.2, -0.15) is 0 Å². The van der Waals surface area contributed by atoms with Crippen LogP contribution in [0.5, 0.6) is 5.75 Å². The lowest BCUT2D eigenvalue weighted by molar-refractivity contribution is -0.908. The molecule has 0 spiro atoms. The molecule has 1 aromatic rings. The first-order valence-corrected chi connectivity index (χ1v) is 6.95. The highest BCUT2D eigenvalue weighted by Gasteiger charge is 2.18. The molecule has 2 rings (SSSR count). The molecular weight excluding hydrogens is 226 g/mol. The first-order chi connectivity index (χ1) is 8.74. The second-order valence-electron chi connectivity index (χ2n) is 5.29. The van der Waals surface area contributed by atoms with Gasteiger partial charge in [-0.15, -0.1) is 0 Å².